The molecule has 0 saturated carbocycles. The van der Waals surface area contributed by atoms with Crippen LogP contribution < -0.4 is 0 Å². The maximum absolute atomic E-state index is 5.28. The first-order chi connectivity index (χ1) is 5.81. The van der Waals surface area contributed by atoms with Gasteiger partial charge in [-0.3, -0.25) is 0 Å². The third kappa shape index (κ3) is 0.944. The molecule has 0 radical (unpaired) electrons. The minimum atomic E-state index is 0.973. The van der Waals surface area contributed by atoms with E-state index in [4.69, 9.17) is 4.42 Å². The molecule has 1 heteroatoms. The number of aryl methyl sites for hydroxylation is 1. The summed E-state index contributed by atoms with van der Waals surface area (Å²) in [5.74, 6) is 0.973. The van der Waals surface area contributed by atoms with Gasteiger partial charge in [-0.25, -0.2) is 0 Å². The van der Waals surface area contributed by atoms with Crippen LogP contribution in [-0.2, 0) is 0 Å². The number of hydrogen-bond acceptors (Lipinski definition) is 1. The van der Waals surface area contributed by atoms with Crippen molar-refractivity contribution >= 4 is 16.8 Å². The highest BCUT2D eigenvalue weighted by Gasteiger charge is 2.00. The summed E-state index contributed by atoms with van der Waals surface area (Å²) in [7, 11) is 0. The number of hydrogen-bond donors (Lipinski definition) is 0. The lowest BCUT2D eigenvalue weighted by Crippen LogP contribution is -1.71. The van der Waals surface area contributed by atoms with Gasteiger partial charge in [0.1, 0.15) is 5.76 Å². The second kappa shape index (κ2) is 2.52. The molecule has 1 heterocycles. The summed E-state index contributed by atoms with van der Waals surface area (Å²) in [4.78, 5) is 0. The van der Waals surface area contributed by atoms with Crippen molar-refractivity contribution in [2.45, 2.75) is 6.92 Å². The van der Waals surface area contributed by atoms with Gasteiger partial charge >= 0.3 is 0 Å². The van der Waals surface area contributed by atoms with Crippen molar-refractivity contribution in [3.63, 3.8) is 0 Å². The Labute approximate surface area is 71.3 Å². The lowest BCUT2D eigenvalue weighted by atomic mass is 10.1. The van der Waals surface area contributed by atoms with E-state index < -0.39 is 0 Å². The van der Waals surface area contributed by atoms with Crippen LogP contribution in [0.15, 0.2) is 35.5 Å². The summed E-state index contributed by atoms with van der Waals surface area (Å²) < 4.78 is 5.28. The number of rotatable bonds is 1. The zero-order valence-electron chi connectivity index (χ0n) is 7.00. The highest BCUT2D eigenvalue weighted by Crippen LogP contribution is 2.21. The first kappa shape index (κ1) is 7.17. The van der Waals surface area contributed by atoms with Crippen LogP contribution in [0.5, 0.6) is 0 Å². The fourth-order valence-electron chi connectivity index (χ4n) is 1.34. The Morgan fingerprint density at radius 3 is 3.00 bits per heavy atom. The van der Waals surface area contributed by atoms with Gasteiger partial charge in [-0.2, -0.15) is 0 Å². The summed E-state index contributed by atoms with van der Waals surface area (Å²) in [6.45, 7) is 5.68. The summed E-state index contributed by atoms with van der Waals surface area (Å²) in [5, 5.41) is 2.32. The monoisotopic (exact) mass is 158 g/mol. The van der Waals surface area contributed by atoms with Gasteiger partial charge in [0, 0.05) is 10.8 Å². The van der Waals surface area contributed by atoms with Gasteiger partial charge in [-0.15, -0.1) is 0 Å². The Kier molecular flexibility index (Phi) is 1.51. The van der Waals surface area contributed by atoms with Crippen LogP contribution in [-0.4, -0.2) is 0 Å². The van der Waals surface area contributed by atoms with Crippen molar-refractivity contribution in [2.75, 3.05) is 0 Å². The molecule has 1 aromatic carbocycles. The maximum atomic E-state index is 5.28. The zero-order valence-corrected chi connectivity index (χ0v) is 7.00. The minimum absolute atomic E-state index is 0.973. The Hall–Kier alpha value is -1.50. The Bertz CT molecular complexity index is 423. The Balaban J connectivity index is 2.77. The third-order valence-corrected chi connectivity index (χ3v) is 2.05. The molecular formula is C11H10O. The van der Waals surface area contributed by atoms with Crippen LogP contribution in [0.2, 0.25) is 0 Å². The van der Waals surface area contributed by atoms with Crippen LogP contribution in [0.3, 0.4) is 0 Å². The summed E-state index contributed by atoms with van der Waals surface area (Å²) in [6, 6.07) is 6.17. The lowest BCUT2D eigenvalue weighted by molar-refractivity contribution is 0.540. The molecule has 2 aromatic rings. The molecule has 0 N–H and O–H groups in total. The molecule has 0 bridgehead atoms. The summed E-state index contributed by atoms with van der Waals surface area (Å²) >= 11 is 0. The van der Waals surface area contributed by atoms with E-state index in [0.717, 1.165) is 16.7 Å². The van der Waals surface area contributed by atoms with Gasteiger partial charge in [-0.05, 0) is 18.6 Å². The molecule has 0 amide bonds. The number of benzene rings is 1. The Morgan fingerprint density at radius 1 is 1.42 bits per heavy atom. The fourth-order valence-corrected chi connectivity index (χ4v) is 1.34. The van der Waals surface area contributed by atoms with Crippen LogP contribution in [0.25, 0.3) is 16.8 Å². The fraction of sp³-hybridized carbons (Fsp3) is 0.0909. The predicted octanol–water partition coefficient (Wildman–Crippen LogP) is 3.38. The molecule has 1 aromatic heterocycles. The normalized spacial score (nSPS) is 10.4. The predicted molar refractivity (Wildman–Crippen MR) is 51.0 cm³/mol. The Morgan fingerprint density at radius 2 is 2.25 bits per heavy atom. The molecule has 0 spiro atoms. The second-order valence-corrected chi connectivity index (χ2v) is 2.84. The van der Waals surface area contributed by atoms with E-state index in [1.807, 2.05) is 19.1 Å². The van der Waals surface area contributed by atoms with Gasteiger partial charge in [0.05, 0.1) is 6.26 Å². The molecule has 0 aliphatic heterocycles. The van der Waals surface area contributed by atoms with Crippen molar-refractivity contribution in [1.29, 1.82) is 0 Å². The standard InChI is InChI=1S/C11H10O/c1-3-9-4-5-11-8(2)12-7-10(11)6-9/h3-7H,1H2,2H3. The third-order valence-electron chi connectivity index (χ3n) is 2.05. The van der Waals surface area contributed by atoms with E-state index in [2.05, 4.69) is 18.7 Å². The molecule has 1 nitrogen and oxygen atoms in total. The van der Waals surface area contributed by atoms with Gasteiger partial charge in [0.15, 0.2) is 0 Å². The molecule has 0 unspecified atom stereocenters. The molecule has 0 fully saturated rings. The van der Waals surface area contributed by atoms with Crippen molar-refractivity contribution < 1.29 is 4.42 Å². The van der Waals surface area contributed by atoms with Crippen molar-refractivity contribution in [1.82, 2.24) is 0 Å². The first-order valence-corrected chi connectivity index (χ1v) is 3.91. The first-order valence-electron chi connectivity index (χ1n) is 3.91. The largest absolute Gasteiger partial charge is 0.468 e. The maximum Gasteiger partial charge on any atom is 0.108 e. The van der Waals surface area contributed by atoms with E-state index in [1.54, 1.807) is 6.26 Å². The van der Waals surface area contributed by atoms with E-state index in [0.29, 0.717) is 0 Å². The summed E-state index contributed by atoms with van der Waals surface area (Å²) in [5.41, 5.74) is 1.13. The second-order valence-electron chi connectivity index (χ2n) is 2.84. The van der Waals surface area contributed by atoms with Crippen LogP contribution in [0.4, 0.5) is 0 Å². The van der Waals surface area contributed by atoms with E-state index in [1.165, 1.54) is 5.39 Å². The quantitative estimate of drug-likeness (QED) is 0.620. The average Bonchev–Trinajstić information content (AvgIpc) is 2.47. The van der Waals surface area contributed by atoms with E-state index in [9.17, 15) is 0 Å². The number of fused-ring (bicyclic) bond motifs is 1. The van der Waals surface area contributed by atoms with Gasteiger partial charge in [-0.1, -0.05) is 24.8 Å². The molecule has 60 valence electrons. The van der Waals surface area contributed by atoms with Crippen molar-refractivity contribution in [3.8, 4) is 0 Å². The molecule has 2 rings (SSSR count). The smallest absolute Gasteiger partial charge is 0.108 e. The van der Waals surface area contributed by atoms with Crippen LogP contribution in [0, 0.1) is 6.92 Å². The molecule has 0 aliphatic rings. The SMILES string of the molecule is C=Cc1ccc2c(C)occ2c1. The van der Waals surface area contributed by atoms with Gasteiger partial charge in [0.2, 0.25) is 0 Å². The summed E-state index contributed by atoms with van der Waals surface area (Å²) in [6.07, 6.45) is 3.61. The lowest BCUT2D eigenvalue weighted by Gasteiger charge is -1.92. The van der Waals surface area contributed by atoms with Crippen molar-refractivity contribution in [2.24, 2.45) is 0 Å². The molecule has 0 aliphatic carbocycles. The van der Waals surface area contributed by atoms with E-state index >= 15 is 0 Å². The minimum Gasteiger partial charge on any atom is -0.468 e. The molecular weight excluding hydrogens is 148 g/mol. The van der Waals surface area contributed by atoms with E-state index in [-0.39, 0.29) is 0 Å². The topological polar surface area (TPSA) is 13.1 Å². The number of furan rings is 1. The highest BCUT2D eigenvalue weighted by molar-refractivity contribution is 5.85. The molecule has 0 atom stereocenters. The van der Waals surface area contributed by atoms with Crippen molar-refractivity contribution in [3.05, 3.63) is 42.4 Å². The van der Waals surface area contributed by atoms with Gasteiger partial charge < -0.3 is 4.42 Å². The molecule has 12 heavy (non-hydrogen) atoms. The van der Waals surface area contributed by atoms with Gasteiger partial charge in [0.25, 0.3) is 0 Å². The highest BCUT2D eigenvalue weighted by atomic mass is 16.3. The van der Waals surface area contributed by atoms with Crippen LogP contribution >= 0.6 is 0 Å². The van der Waals surface area contributed by atoms with Crippen LogP contribution in [0.1, 0.15) is 11.3 Å². The molecule has 0 saturated heterocycles. The average molecular weight is 158 g/mol. The zero-order chi connectivity index (χ0) is 8.55.